The van der Waals surface area contributed by atoms with Crippen LogP contribution >= 0.6 is 0 Å². The first-order valence-corrected chi connectivity index (χ1v) is 7.57. The number of furan rings is 1. The molecule has 0 bridgehead atoms. The monoisotopic (exact) mass is 310 g/mol. The van der Waals surface area contributed by atoms with E-state index in [2.05, 4.69) is 5.32 Å². The van der Waals surface area contributed by atoms with E-state index in [0.717, 1.165) is 11.3 Å². The average Bonchev–Trinajstić information content (AvgIpc) is 3.00. The molecule has 1 amide bonds. The maximum Gasteiger partial charge on any atom is 0.410 e. The van der Waals surface area contributed by atoms with Gasteiger partial charge in [-0.3, -0.25) is 0 Å². The third kappa shape index (κ3) is 4.24. The van der Waals surface area contributed by atoms with Gasteiger partial charge in [-0.15, -0.1) is 0 Å². The molecular formula is C16H26N2O4. The molecule has 0 spiro atoms. The molecule has 1 fully saturated rings. The van der Waals surface area contributed by atoms with Gasteiger partial charge >= 0.3 is 6.09 Å². The third-order valence-electron chi connectivity index (χ3n) is 3.71. The highest BCUT2D eigenvalue weighted by Gasteiger charge is 2.37. The number of carbonyl (C=O) groups excluding carboxylic acids is 1. The lowest BCUT2D eigenvalue weighted by molar-refractivity contribution is 0.0252. The van der Waals surface area contributed by atoms with Crippen molar-refractivity contribution in [3.8, 4) is 0 Å². The predicted molar refractivity (Wildman–Crippen MR) is 82.7 cm³/mol. The normalized spacial score (nSPS) is 22.1. The molecule has 2 rings (SSSR count). The fraction of sp³-hybridized carbons (Fsp3) is 0.688. The third-order valence-corrected chi connectivity index (χ3v) is 3.71. The molecule has 6 heteroatoms. The van der Waals surface area contributed by atoms with E-state index in [1.165, 1.54) is 0 Å². The Labute approximate surface area is 131 Å². The Morgan fingerprint density at radius 2 is 2.18 bits per heavy atom. The van der Waals surface area contributed by atoms with Crippen LogP contribution in [0.3, 0.4) is 0 Å². The molecule has 2 heterocycles. The highest BCUT2D eigenvalue weighted by atomic mass is 16.6. The standard InChI is InChI=1S/C16H26N2O4/c1-11-6-7-21-13(11)8-17-12-9-18(10-14(12)20-5)15(19)22-16(2,3)4/h6-7,12,14,17H,8-10H2,1-5H3/t12?,14-/m0/s1. The summed E-state index contributed by atoms with van der Waals surface area (Å²) in [5.74, 6) is 0.908. The van der Waals surface area contributed by atoms with Gasteiger partial charge in [-0.1, -0.05) is 0 Å². The lowest BCUT2D eigenvalue weighted by Gasteiger charge is -2.24. The summed E-state index contributed by atoms with van der Waals surface area (Å²) in [7, 11) is 1.66. The summed E-state index contributed by atoms with van der Waals surface area (Å²) in [6.07, 6.45) is 1.33. The minimum absolute atomic E-state index is 0.0530. The minimum Gasteiger partial charge on any atom is -0.468 e. The molecule has 1 aromatic rings. The molecule has 0 radical (unpaired) electrons. The van der Waals surface area contributed by atoms with Crippen molar-refractivity contribution >= 4 is 6.09 Å². The van der Waals surface area contributed by atoms with E-state index >= 15 is 0 Å². The van der Waals surface area contributed by atoms with Crippen LogP contribution in [-0.4, -0.2) is 48.9 Å². The predicted octanol–water partition coefficient (Wildman–Crippen LogP) is 2.31. The summed E-state index contributed by atoms with van der Waals surface area (Å²) in [4.78, 5) is 13.8. The van der Waals surface area contributed by atoms with E-state index in [1.807, 2.05) is 33.8 Å². The van der Waals surface area contributed by atoms with Gasteiger partial charge in [0, 0.05) is 13.7 Å². The molecule has 0 saturated carbocycles. The largest absolute Gasteiger partial charge is 0.468 e. The summed E-state index contributed by atoms with van der Waals surface area (Å²) in [6.45, 7) is 9.31. The van der Waals surface area contributed by atoms with Crippen molar-refractivity contribution in [1.82, 2.24) is 10.2 Å². The number of carbonyl (C=O) groups is 1. The van der Waals surface area contributed by atoms with Gasteiger partial charge < -0.3 is 24.1 Å². The van der Waals surface area contributed by atoms with E-state index in [0.29, 0.717) is 19.6 Å². The van der Waals surface area contributed by atoms with Crippen LogP contribution in [0.25, 0.3) is 0 Å². The molecule has 1 aliphatic rings. The first-order chi connectivity index (χ1) is 10.3. The summed E-state index contributed by atoms with van der Waals surface area (Å²) >= 11 is 0. The first-order valence-electron chi connectivity index (χ1n) is 7.57. The summed E-state index contributed by atoms with van der Waals surface area (Å²) in [6, 6.07) is 1.99. The van der Waals surface area contributed by atoms with Crippen LogP contribution < -0.4 is 5.32 Å². The molecule has 1 aromatic heterocycles. The fourth-order valence-corrected chi connectivity index (χ4v) is 2.49. The molecule has 124 valence electrons. The summed E-state index contributed by atoms with van der Waals surface area (Å²) in [5.41, 5.74) is 0.625. The van der Waals surface area contributed by atoms with Crippen molar-refractivity contribution in [2.45, 2.75) is 52.0 Å². The zero-order chi connectivity index (χ0) is 16.3. The Bertz CT molecular complexity index is 506. The molecule has 0 aromatic carbocycles. The number of likely N-dealkylation sites (tertiary alicyclic amines) is 1. The van der Waals surface area contributed by atoms with E-state index in [9.17, 15) is 4.79 Å². The van der Waals surface area contributed by atoms with Gasteiger partial charge in [0.2, 0.25) is 0 Å². The van der Waals surface area contributed by atoms with Gasteiger partial charge in [0.25, 0.3) is 0 Å². The number of hydrogen-bond donors (Lipinski definition) is 1. The van der Waals surface area contributed by atoms with Crippen LogP contribution in [0.4, 0.5) is 4.79 Å². The van der Waals surface area contributed by atoms with Crippen LogP contribution in [0.5, 0.6) is 0 Å². The highest BCUT2D eigenvalue weighted by molar-refractivity contribution is 5.68. The SMILES string of the molecule is CO[C@H]1CN(C(=O)OC(C)(C)C)CC1NCc1occc1C. The van der Waals surface area contributed by atoms with Crippen LogP contribution in [0.2, 0.25) is 0 Å². The number of aryl methyl sites for hydroxylation is 1. The molecule has 2 atom stereocenters. The van der Waals surface area contributed by atoms with E-state index in [1.54, 1.807) is 18.3 Å². The maximum absolute atomic E-state index is 12.2. The first kappa shape index (κ1) is 16.8. The molecule has 1 aliphatic heterocycles. The summed E-state index contributed by atoms with van der Waals surface area (Å²) in [5, 5.41) is 3.41. The molecule has 1 unspecified atom stereocenters. The van der Waals surface area contributed by atoms with Crippen LogP contribution in [0.15, 0.2) is 16.7 Å². The Morgan fingerprint density at radius 1 is 1.45 bits per heavy atom. The molecule has 1 saturated heterocycles. The van der Waals surface area contributed by atoms with E-state index in [-0.39, 0.29) is 18.2 Å². The lowest BCUT2D eigenvalue weighted by atomic mass is 10.2. The van der Waals surface area contributed by atoms with Gasteiger partial charge in [-0.05, 0) is 39.3 Å². The van der Waals surface area contributed by atoms with Gasteiger partial charge in [-0.2, -0.15) is 0 Å². The topological polar surface area (TPSA) is 63.9 Å². The zero-order valence-corrected chi connectivity index (χ0v) is 14.0. The minimum atomic E-state index is -0.490. The molecule has 1 N–H and O–H groups in total. The number of ether oxygens (including phenoxy) is 2. The maximum atomic E-state index is 12.2. The highest BCUT2D eigenvalue weighted by Crippen LogP contribution is 2.18. The number of hydrogen-bond acceptors (Lipinski definition) is 5. The van der Waals surface area contributed by atoms with Gasteiger partial charge in [0.15, 0.2) is 0 Å². The quantitative estimate of drug-likeness (QED) is 0.924. The van der Waals surface area contributed by atoms with Crippen molar-refractivity contribution in [2.75, 3.05) is 20.2 Å². The van der Waals surface area contributed by atoms with Crippen molar-refractivity contribution in [1.29, 1.82) is 0 Å². The van der Waals surface area contributed by atoms with Gasteiger partial charge in [-0.25, -0.2) is 4.79 Å². The van der Waals surface area contributed by atoms with E-state index < -0.39 is 5.60 Å². The second-order valence-electron chi connectivity index (χ2n) is 6.67. The smallest absolute Gasteiger partial charge is 0.410 e. The number of nitrogens with zero attached hydrogens (tertiary/aromatic N) is 1. The van der Waals surface area contributed by atoms with Crippen LogP contribution in [0, 0.1) is 6.92 Å². The molecule has 22 heavy (non-hydrogen) atoms. The molecule has 6 nitrogen and oxygen atoms in total. The molecule has 0 aliphatic carbocycles. The van der Waals surface area contributed by atoms with Crippen molar-refractivity contribution < 1.29 is 18.7 Å². The summed E-state index contributed by atoms with van der Waals surface area (Å²) < 4.78 is 16.3. The van der Waals surface area contributed by atoms with Gasteiger partial charge in [0.1, 0.15) is 11.4 Å². The van der Waals surface area contributed by atoms with Crippen LogP contribution in [-0.2, 0) is 16.0 Å². The lowest BCUT2D eigenvalue weighted by Crippen LogP contribution is -2.40. The second-order valence-corrected chi connectivity index (χ2v) is 6.67. The Kier molecular flexibility index (Phi) is 5.13. The van der Waals surface area contributed by atoms with Crippen molar-refractivity contribution in [3.05, 3.63) is 23.7 Å². The number of nitrogens with one attached hydrogen (secondary N) is 1. The van der Waals surface area contributed by atoms with Crippen LogP contribution in [0.1, 0.15) is 32.1 Å². The zero-order valence-electron chi connectivity index (χ0n) is 14.0. The number of rotatable bonds is 4. The number of methoxy groups -OCH3 is 1. The average molecular weight is 310 g/mol. The Morgan fingerprint density at radius 3 is 2.73 bits per heavy atom. The molecular weight excluding hydrogens is 284 g/mol. The number of amides is 1. The second kappa shape index (κ2) is 6.71. The Balaban J connectivity index is 1.92. The van der Waals surface area contributed by atoms with Crippen molar-refractivity contribution in [3.63, 3.8) is 0 Å². The van der Waals surface area contributed by atoms with Gasteiger partial charge in [0.05, 0.1) is 31.5 Å². The fourth-order valence-electron chi connectivity index (χ4n) is 2.49. The van der Waals surface area contributed by atoms with E-state index in [4.69, 9.17) is 13.9 Å². The van der Waals surface area contributed by atoms with Crippen molar-refractivity contribution in [2.24, 2.45) is 0 Å². The Hall–Kier alpha value is -1.53.